The van der Waals surface area contributed by atoms with E-state index in [-0.39, 0.29) is 24.1 Å². The van der Waals surface area contributed by atoms with Crippen molar-refractivity contribution in [1.29, 1.82) is 0 Å². The zero-order valence-electron chi connectivity index (χ0n) is 20.3. The molecular formula is C27H28ClF3N2O3S. The van der Waals surface area contributed by atoms with Gasteiger partial charge in [0.25, 0.3) is 0 Å². The third kappa shape index (κ3) is 7.12. The van der Waals surface area contributed by atoms with Crippen LogP contribution in [0.2, 0.25) is 5.02 Å². The van der Waals surface area contributed by atoms with Crippen molar-refractivity contribution in [3.63, 3.8) is 0 Å². The molecule has 0 radical (unpaired) electrons. The topological polar surface area (TPSA) is 49.9 Å². The average Bonchev–Trinajstić information content (AvgIpc) is 2.87. The maximum absolute atomic E-state index is 13.0. The van der Waals surface area contributed by atoms with Crippen LogP contribution in [-0.4, -0.2) is 50.3 Å². The Hall–Kier alpha value is -2.43. The van der Waals surface area contributed by atoms with Gasteiger partial charge in [0.15, 0.2) is 0 Å². The number of ether oxygens (including phenoxy) is 1. The standard InChI is InChI=1S/C27H28ClF3N2O3S/c1-20-3-2-4-21(17-20)19-36-26(22-5-9-24(28)10-6-22)18-32-13-15-33(16-14-32)37(34,35)25-11-7-23(8-12-25)27(29,30)31/h2-12,17,26H,13-16,18-19H2,1H3. The van der Waals surface area contributed by atoms with E-state index in [9.17, 15) is 21.6 Å². The SMILES string of the molecule is Cc1cccc(COC(CN2CCN(S(=O)(=O)c3ccc(C(F)(F)F)cc3)CC2)c2ccc(Cl)cc2)c1. The highest BCUT2D eigenvalue weighted by Crippen LogP contribution is 2.30. The Bertz CT molecular complexity index is 1290. The number of aryl methyl sites for hydroxylation is 1. The summed E-state index contributed by atoms with van der Waals surface area (Å²) in [7, 11) is -3.89. The summed E-state index contributed by atoms with van der Waals surface area (Å²) in [6.07, 6.45) is -4.77. The summed E-state index contributed by atoms with van der Waals surface area (Å²) in [5.41, 5.74) is 2.30. The van der Waals surface area contributed by atoms with Crippen molar-refractivity contribution in [2.45, 2.75) is 30.7 Å². The molecule has 0 aliphatic carbocycles. The summed E-state index contributed by atoms with van der Waals surface area (Å²) in [4.78, 5) is 1.99. The second-order valence-corrected chi connectivity index (χ2v) is 11.4. The Morgan fingerprint density at radius 2 is 1.59 bits per heavy atom. The summed E-state index contributed by atoms with van der Waals surface area (Å²) < 4.78 is 72.2. The van der Waals surface area contributed by atoms with Crippen LogP contribution in [0.5, 0.6) is 0 Å². The third-order valence-corrected chi connectivity index (χ3v) is 8.52. The lowest BCUT2D eigenvalue weighted by Crippen LogP contribution is -2.49. The summed E-state index contributed by atoms with van der Waals surface area (Å²) in [5, 5.41) is 0.628. The number of piperazine rings is 1. The number of hydrogen-bond donors (Lipinski definition) is 0. The molecule has 0 N–H and O–H groups in total. The largest absolute Gasteiger partial charge is 0.416 e. The van der Waals surface area contributed by atoms with E-state index in [0.717, 1.165) is 41.0 Å². The molecule has 0 bridgehead atoms. The minimum atomic E-state index is -4.52. The number of hydrogen-bond acceptors (Lipinski definition) is 4. The molecule has 1 aliphatic rings. The molecule has 1 atom stereocenters. The lowest BCUT2D eigenvalue weighted by atomic mass is 10.1. The van der Waals surface area contributed by atoms with E-state index in [1.165, 1.54) is 4.31 Å². The minimum Gasteiger partial charge on any atom is -0.368 e. The van der Waals surface area contributed by atoms with Crippen LogP contribution in [0.15, 0.2) is 77.7 Å². The number of sulfonamides is 1. The molecule has 1 fully saturated rings. The Balaban J connectivity index is 1.41. The van der Waals surface area contributed by atoms with Gasteiger partial charge in [-0.3, -0.25) is 4.90 Å². The van der Waals surface area contributed by atoms with Crippen molar-refractivity contribution in [3.8, 4) is 0 Å². The van der Waals surface area contributed by atoms with Gasteiger partial charge in [-0.1, -0.05) is 53.6 Å². The summed E-state index contributed by atoms with van der Waals surface area (Å²) in [5.74, 6) is 0. The highest BCUT2D eigenvalue weighted by molar-refractivity contribution is 7.89. The molecule has 0 spiro atoms. The first-order chi connectivity index (χ1) is 17.5. The van der Waals surface area contributed by atoms with Gasteiger partial charge in [0, 0.05) is 37.7 Å². The summed E-state index contributed by atoms with van der Waals surface area (Å²) in [6.45, 7) is 4.41. The monoisotopic (exact) mass is 552 g/mol. The van der Waals surface area contributed by atoms with E-state index in [0.29, 0.717) is 31.3 Å². The van der Waals surface area contributed by atoms with E-state index < -0.39 is 21.8 Å². The molecule has 37 heavy (non-hydrogen) atoms. The van der Waals surface area contributed by atoms with Gasteiger partial charge in [-0.25, -0.2) is 8.42 Å². The zero-order valence-corrected chi connectivity index (χ0v) is 21.9. The molecule has 0 saturated carbocycles. The van der Waals surface area contributed by atoms with E-state index in [1.54, 1.807) is 0 Å². The summed E-state index contributed by atoms with van der Waals surface area (Å²) in [6, 6.07) is 19.2. The molecule has 0 aromatic heterocycles. The van der Waals surface area contributed by atoms with Crippen molar-refractivity contribution >= 4 is 21.6 Å². The molecule has 10 heteroatoms. The smallest absolute Gasteiger partial charge is 0.368 e. The van der Waals surface area contributed by atoms with Crippen LogP contribution in [-0.2, 0) is 27.5 Å². The van der Waals surface area contributed by atoms with E-state index in [1.807, 2.05) is 49.4 Å². The fourth-order valence-electron chi connectivity index (χ4n) is 4.28. The molecule has 1 aliphatic heterocycles. The fraction of sp³-hybridized carbons (Fsp3) is 0.333. The predicted octanol–water partition coefficient (Wildman–Crippen LogP) is 5.93. The van der Waals surface area contributed by atoms with Crippen LogP contribution < -0.4 is 0 Å². The van der Waals surface area contributed by atoms with Crippen LogP contribution in [0.4, 0.5) is 13.2 Å². The van der Waals surface area contributed by atoms with Gasteiger partial charge in [0.05, 0.1) is 23.2 Å². The van der Waals surface area contributed by atoms with Crippen LogP contribution in [0.25, 0.3) is 0 Å². The van der Waals surface area contributed by atoms with Gasteiger partial charge >= 0.3 is 6.18 Å². The predicted molar refractivity (Wildman–Crippen MR) is 137 cm³/mol. The quantitative estimate of drug-likeness (QED) is 0.347. The molecule has 5 nitrogen and oxygen atoms in total. The van der Waals surface area contributed by atoms with Crippen LogP contribution >= 0.6 is 11.6 Å². The second-order valence-electron chi connectivity index (χ2n) is 9.07. The lowest BCUT2D eigenvalue weighted by molar-refractivity contribution is -0.137. The maximum Gasteiger partial charge on any atom is 0.416 e. The molecule has 0 amide bonds. The number of halogens is 4. The summed E-state index contributed by atoms with van der Waals surface area (Å²) >= 11 is 6.07. The van der Waals surface area contributed by atoms with E-state index >= 15 is 0 Å². The fourth-order valence-corrected chi connectivity index (χ4v) is 5.83. The molecule has 4 rings (SSSR count). The molecule has 198 valence electrons. The first-order valence-electron chi connectivity index (χ1n) is 11.8. The maximum atomic E-state index is 13.0. The Morgan fingerprint density at radius 1 is 0.946 bits per heavy atom. The van der Waals surface area contributed by atoms with Gasteiger partial charge in [0.1, 0.15) is 0 Å². The third-order valence-electron chi connectivity index (χ3n) is 6.35. The van der Waals surface area contributed by atoms with Gasteiger partial charge < -0.3 is 4.74 Å². The lowest BCUT2D eigenvalue weighted by Gasteiger charge is -2.36. The van der Waals surface area contributed by atoms with Crippen molar-refractivity contribution in [2.24, 2.45) is 0 Å². The van der Waals surface area contributed by atoms with Crippen molar-refractivity contribution in [2.75, 3.05) is 32.7 Å². The van der Waals surface area contributed by atoms with Gasteiger partial charge in [-0.2, -0.15) is 17.5 Å². The highest BCUT2D eigenvalue weighted by atomic mass is 35.5. The van der Waals surface area contributed by atoms with Crippen molar-refractivity contribution in [1.82, 2.24) is 9.21 Å². The Kier molecular flexibility index (Phi) is 8.60. The molecule has 1 unspecified atom stereocenters. The Morgan fingerprint density at radius 3 is 2.19 bits per heavy atom. The number of alkyl halides is 3. The van der Waals surface area contributed by atoms with Gasteiger partial charge in [0.2, 0.25) is 10.0 Å². The normalized spacial score (nSPS) is 16.6. The van der Waals surface area contributed by atoms with Crippen LogP contribution in [0, 0.1) is 6.92 Å². The average molecular weight is 553 g/mol. The minimum absolute atomic E-state index is 0.144. The number of nitrogens with zero attached hydrogens (tertiary/aromatic N) is 2. The molecule has 3 aromatic rings. The van der Waals surface area contributed by atoms with Crippen molar-refractivity contribution < 1.29 is 26.3 Å². The zero-order chi connectivity index (χ0) is 26.6. The molecule has 3 aromatic carbocycles. The number of rotatable bonds is 8. The van der Waals surface area contributed by atoms with E-state index in [4.69, 9.17) is 16.3 Å². The number of benzene rings is 3. The first-order valence-corrected chi connectivity index (χ1v) is 13.7. The van der Waals surface area contributed by atoms with Crippen LogP contribution in [0.3, 0.4) is 0 Å². The molecule has 1 heterocycles. The highest BCUT2D eigenvalue weighted by Gasteiger charge is 2.33. The van der Waals surface area contributed by atoms with E-state index in [2.05, 4.69) is 11.0 Å². The van der Waals surface area contributed by atoms with Gasteiger partial charge in [-0.15, -0.1) is 0 Å². The Labute approximate surface area is 220 Å². The molecule has 1 saturated heterocycles. The van der Waals surface area contributed by atoms with Gasteiger partial charge in [-0.05, 0) is 54.4 Å². The first kappa shape index (κ1) is 27.6. The van der Waals surface area contributed by atoms with Crippen molar-refractivity contribution in [3.05, 3.63) is 100 Å². The van der Waals surface area contributed by atoms with Crippen LogP contribution in [0.1, 0.15) is 28.4 Å². The second kappa shape index (κ2) is 11.5. The molecular weight excluding hydrogens is 525 g/mol.